The Hall–Kier alpha value is -1.35. The fourth-order valence-corrected chi connectivity index (χ4v) is 1.79. The zero-order chi connectivity index (χ0) is 10.3. The zero-order valence-electron chi connectivity index (χ0n) is 8.45. The molecule has 1 aliphatic heterocycles. The fraction of sp³-hybridized carbons (Fsp3) is 0.364. The molecule has 1 aromatic rings. The van der Waals surface area contributed by atoms with Gasteiger partial charge < -0.3 is 10.6 Å². The summed E-state index contributed by atoms with van der Waals surface area (Å²) in [5.74, 6) is 0.0231. The van der Waals surface area contributed by atoms with E-state index < -0.39 is 0 Å². The zero-order valence-corrected chi connectivity index (χ0v) is 8.45. The van der Waals surface area contributed by atoms with E-state index in [4.69, 9.17) is 5.73 Å². The number of aryl methyl sites for hydroxylation is 2. The van der Waals surface area contributed by atoms with Crippen LogP contribution in [0.1, 0.15) is 11.1 Å². The molecule has 74 valence electrons. The summed E-state index contributed by atoms with van der Waals surface area (Å²) in [5, 5.41) is 0. The van der Waals surface area contributed by atoms with Crippen LogP contribution in [-0.2, 0) is 4.79 Å². The molecule has 0 aliphatic carbocycles. The van der Waals surface area contributed by atoms with Crippen molar-refractivity contribution in [1.82, 2.24) is 0 Å². The van der Waals surface area contributed by atoms with Crippen molar-refractivity contribution in [1.29, 1.82) is 0 Å². The number of rotatable bonds is 1. The second kappa shape index (κ2) is 3.10. The highest BCUT2D eigenvalue weighted by Crippen LogP contribution is 2.23. The van der Waals surface area contributed by atoms with Gasteiger partial charge in [0.05, 0.1) is 6.54 Å². The number of anilines is 1. The molecule has 1 fully saturated rings. The number of benzene rings is 1. The summed E-state index contributed by atoms with van der Waals surface area (Å²) in [4.78, 5) is 13.1. The lowest BCUT2D eigenvalue weighted by Gasteiger charge is -2.36. The SMILES string of the molecule is Cc1cc(C)cc(N2CC(N)C2=O)c1. The first kappa shape index (κ1) is 9.21. The quantitative estimate of drug-likeness (QED) is 0.671. The van der Waals surface area contributed by atoms with E-state index in [1.165, 1.54) is 11.1 Å². The second-order valence-electron chi connectivity index (χ2n) is 3.90. The van der Waals surface area contributed by atoms with Crippen LogP contribution in [0.2, 0.25) is 0 Å². The molecule has 14 heavy (non-hydrogen) atoms. The molecule has 0 spiro atoms. The molecule has 1 heterocycles. The maximum atomic E-state index is 11.4. The third-order valence-electron chi connectivity index (χ3n) is 2.48. The Bertz CT molecular complexity index is 367. The van der Waals surface area contributed by atoms with Gasteiger partial charge in [-0.25, -0.2) is 0 Å². The summed E-state index contributed by atoms with van der Waals surface area (Å²) >= 11 is 0. The summed E-state index contributed by atoms with van der Waals surface area (Å²) in [6.07, 6.45) is 0. The van der Waals surface area contributed by atoms with Gasteiger partial charge in [-0.1, -0.05) is 6.07 Å². The number of hydrogen-bond acceptors (Lipinski definition) is 2. The Labute approximate surface area is 83.5 Å². The molecule has 0 radical (unpaired) electrons. The average molecular weight is 190 g/mol. The molecule has 0 bridgehead atoms. The van der Waals surface area contributed by atoms with E-state index >= 15 is 0 Å². The van der Waals surface area contributed by atoms with Gasteiger partial charge in [0.15, 0.2) is 0 Å². The normalized spacial score (nSPS) is 20.9. The van der Waals surface area contributed by atoms with Crippen LogP contribution in [0.5, 0.6) is 0 Å². The topological polar surface area (TPSA) is 46.3 Å². The minimum atomic E-state index is -0.296. The highest BCUT2D eigenvalue weighted by atomic mass is 16.2. The van der Waals surface area contributed by atoms with Crippen LogP contribution in [0, 0.1) is 13.8 Å². The summed E-state index contributed by atoms with van der Waals surface area (Å²) in [7, 11) is 0. The smallest absolute Gasteiger partial charge is 0.245 e. The first-order valence-corrected chi connectivity index (χ1v) is 4.73. The van der Waals surface area contributed by atoms with Crippen LogP contribution in [0.3, 0.4) is 0 Å². The third kappa shape index (κ3) is 1.40. The van der Waals surface area contributed by atoms with E-state index in [0.717, 1.165) is 5.69 Å². The molecule has 1 saturated heterocycles. The van der Waals surface area contributed by atoms with E-state index in [2.05, 4.69) is 6.07 Å². The van der Waals surface area contributed by atoms with E-state index in [1.807, 2.05) is 26.0 Å². The summed E-state index contributed by atoms with van der Waals surface area (Å²) in [5.41, 5.74) is 8.85. The van der Waals surface area contributed by atoms with Gasteiger partial charge >= 0.3 is 0 Å². The van der Waals surface area contributed by atoms with Crippen LogP contribution in [0.4, 0.5) is 5.69 Å². The van der Waals surface area contributed by atoms with Crippen LogP contribution in [0.25, 0.3) is 0 Å². The van der Waals surface area contributed by atoms with E-state index in [0.29, 0.717) is 6.54 Å². The van der Waals surface area contributed by atoms with Crippen molar-refractivity contribution in [3.63, 3.8) is 0 Å². The van der Waals surface area contributed by atoms with Gasteiger partial charge in [-0.2, -0.15) is 0 Å². The van der Waals surface area contributed by atoms with Gasteiger partial charge in [-0.15, -0.1) is 0 Å². The molecule has 1 aliphatic rings. The molecular weight excluding hydrogens is 176 g/mol. The minimum Gasteiger partial charge on any atom is -0.318 e. The number of hydrogen-bond donors (Lipinski definition) is 1. The predicted molar refractivity (Wildman–Crippen MR) is 56.2 cm³/mol. The molecule has 3 heteroatoms. The summed E-state index contributed by atoms with van der Waals surface area (Å²) < 4.78 is 0. The van der Waals surface area contributed by atoms with Crippen molar-refractivity contribution in [2.24, 2.45) is 5.73 Å². The van der Waals surface area contributed by atoms with Crippen LogP contribution >= 0.6 is 0 Å². The van der Waals surface area contributed by atoms with Crippen LogP contribution in [-0.4, -0.2) is 18.5 Å². The molecule has 2 N–H and O–H groups in total. The van der Waals surface area contributed by atoms with Crippen molar-refractivity contribution in [3.05, 3.63) is 29.3 Å². The number of amides is 1. The Morgan fingerprint density at radius 2 is 1.86 bits per heavy atom. The molecular formula is C11H14N2O. The number of carbonyl (C=O) groups excluding carboxylic acids is 1. The summed E-state index contributed by atoms with van der Waals surface area (Å²) in [6.45, 7) is 4.70. The van der Waals surface area contributed by atoms with Gasteiger partial charge in [-0.3, -0.25) is 4.79 Å². The lowest BCUT2D eigenvalue weighted by molar-refractivity contribution is -0.123. The van der Waals surface area contributed by atoms with E-state index in [9.17, 15) is 4.79 Å². The molecule has 1 amide bonds. The van der Waals surface area contributed by atoms with Crippen molar-refractivity contribution in [3.8, 4) is 0 Å². The maximum absolute atomic E-state index is 11.4. The molecule has 0 saturated carbocycles. The number of β-lactam (4-membered cyclic amide) rings is 1. The molecule has 0 aromatic heterocycles. The lowest BCUT2D eigenvalue weighted by Crippen LogP contribution is -2.61. The first-order chi connectivity index (χ1) is 6.58. The predicted octanol–water partition coefficient (Wildman–Crippen LogP) is 0.977. The van der Waals surface area contributed by atoms with Gasteiger partial charge in [0.1, 0.15) is 6.04 Å². The van der Waals surface area contributed by atoms with Crippen LogP contribution < -0.4 is 10.6 Å². The van der Waals surface area contributed by atoms with Crippen molar-refractivity contribution >= 4 is 11.6 Å². The standard InChI is InChI=1S/C11H14N2O/c1-7-3-8(2)5-9(4-7)13-6-10(12)11(13)14/h3-5,10H,6,12H2,1-2H3. The molecule has 2 rings (SSSR count). The maximum Gasteiger partial charge on any atom is 0.245 e. The second-order valence-corrected chi connectivity index (χ2v) is 3.90. The Morgan fingerprint density at radius 3 is 2.29 bits per heavy atom. The van der Waals surface area contributed by atoms with E-state index in [1.54, 1.807) is 4.90 Å². The summed E-state index contributed by atoms with van der Waals surface area (Å²) in [6, 6.07) is 5.82. The molecule has 1 unspecified atom stereocenters. The highest BCUT2D eigenvalue weighted by Gasteiger charge is 2.34. The Balaban J connectivity index is 2.29. The number of nitrogens with zero attached hydrogens (tertiary/aromatic N) is 1. The van der Waals surface area contributed by atoms with Crippen molar-refractivity contribution in [2.45, 2.75) is 19.9 Å². The Kier molecular flexibility index (Phi) is 2.04. The molecule has 1 aromatic carbocycles. The van der Waals surface area contributed by atoms with Crippen molar-refractivity contribution in [2.75, 3.05) is 11.4 Å². The number of nitrogens with two attached hydrogens (primary N) is 1. The van der Waals surface area contributed by atoms with E-state index in [-0.39, 0.29) is 11.9 Å². The first-order valence-electron chi connectivity index (χ1n) is 4.73. The fourth-order valence-electron chi connectivity index (χ4n) is 1.79. The van der Waals surface area contributed by atoms with Gasteiger partial charge in [0.2, 0.25) is 5.91 Å². The van der Waals surface area contributed by atoms with Gasteiger partial charge in [0.25, 0.3) is 0 Å². The van der Waals surface area contributed by atoms with Gasteiger partial charge in [-0.05, 0) is 37.1 Å². The molecule has 1 atom stereocenters. The monoisotopic (exact) mass is 190 g/mol. The van der Waals surface area contributed by atoms with Crippen molar-refractivity contribution < 1.29 is 4.79 Å². The third-order valence-corrected chi connectivity index (χ3v) is 2.48. The van der Waals surface area contributed by atoms with Gasteiger partial charge in [0, 0.05) is 5.69 Å². The number of carbonyl (C=O) groups is 1. The molecule has 3 nitrogen and oxygen atoms in total. The van der Waals surface area contributed by atoms with Crippen LogP contribution in [0.15, 0.2) is 18.2 Å². The largest absolute Gasteiger partial charge is 0.318 e. The average Bonchev–Trinajstić information content (AvgIpc) is 2.11. The minimum absolute atomic E-state index is 0.0231. The lowest BCUT2D eigenvalue weighted by atomic mass is 10.0. The highest BCUT2D eigenvalue weighted by molar-refractivity contribution is 6.03. The Morgan fingerprint density at radius 1 is 1.29 bits per heavy atom.